The number of allylic oxidation sites excluding steroid dienone is 3. The number of para-hydroxylation sites is 1. The van der Waals surface area contributed by atoms with Gasteiger partial charge in [0.1, 0.15) is 22.9 Å². The molecule has 3 aliphatic heterocycles. The van der Waals surface area contributed by atoms with E-state index in [0.717, 1.165) is 21.8 Å². The molecule has 12 nitrogen and oxygen atoms in total. The van der Waals surface area contributed by atoms with E-state index in [1.807, 2.05) is 29.2 Å². The fourth-order valence-electron chi connectivity index (χ4n) is 6.67. The molecule has 0 saturated heterocycles. The first kappa shape index (κ1) is 34.8. The number of nitrogens with one attached hydrogen (secondary N) is 2. The monoisotopic (exact) mass is 731 g/mol. The lowest BCUT2D eigenvalue weighted by Gasteiger charge is -2.41. The van der Waals surface area contributed by atoms with Crippen LogP contribution in [0.3, 0.4) is 0 Å². The van der Waals surface area contributed by atoms with Crippen molar-refractivity contribution in [3.05, 3.63) is 112 Å². The lowest BCUT2D eigenvalue weighted by molar-refractivity contribution is -0.142. The number of fused-ring (bicyclic) bond motifs is 5. The Kier molecular flexibility index (Phi) is 9.00. The van der Waals surface area contributed by atoms with Crippen molar-refractivity contribution in [3.63, 3.8) is 0 Å². The van der Waals surface area contributed by atoms with Crippen molar-refractivity contribution >= 4 is 49.9 Å². The topological polar surface area (TPSA) is 134 Å². The van der Waals surface area contributed by atoms with Gasteiger partial charge in [-0.3, -0.25) is 13.9 Å². The van der Waals surface area contributed by atoms with Crippen LogP contribution in [-0.4, -0.2) is 71.7 Å². The first-order chi connectivity index (χ1) is 24.9. The summed E-state index contributed by atoms with van der Waals surface area (Å²) in [5.41, 5.74) is 3.35. The minimum absolute atomic E-state index is 0.0237. The highest BCUT2D eigenvalue weighted by Crippen LogP contribution is 2.48. The third-order valence-electron chi connectivity index (χ3n) is 9.13. The van der Waals surface area contributed by atoms with E-state index in [2.05, 4.69) is 10.6 Å². The minimum Gasteiger partial charge on any atom is -0.466 e. The van der Waals surface area contributed by atoms with Crippen molar-refractivity contribution in [2.75, 3.05) is 49.3 Å². The number of halogens is 2. The number of hydrogen-bond acceptors (Lipinski definition) is 10. The number of benzene rings is 3. The maximum absolute atomic E-state index is 17.3. The summed E-state index contributed by atoms with van der Waals surface area (Å²) in [6.45, 7) is 2.15. The van der Waals surface area contributed by atoms with Crippen molar-refractivity contribution < 1.29 is 40.8 Å². The Hall–Kier alpha value is -5.67. The molecule has 0 radical (unpaired) electrons. The molecule has 52 heavy (non-hydrogen) atoms. The molecule has 3 aliphatic rings. The molecule has 270 valence electrons. The zero-order chi connectivity index (χ0) is 36.9. The van der Waals surface area contributed by atoms with Crippen LogP contribution < -0.4 is 19.8 Å². The smallest absolute Gasteiger partial charge is 0.319 e. The molecule has 15 heteroatoms. The number of anilines is 2. The summed E-state index contributed by atoms with van der Waals surface area (Å²) in [5.74, 6) is -1.04. The maximum Gasteiger partial charge on any atom is 0.319 e. The van der Waals surface area contributed by atoms with E-state index in [1.54, 1.807) is 13.0 Å². The van der Waals surface area contributed by atoms with Gasteiger partial charge in [-0.05, 0) is 61.0 Å². The lowest BCUT2D eigenvalue weighted by atomic mass is 9.99. The van der Waals surface area contributed by atoms with Crippen LogP contribution in [0.2, 0.25) is 0 Å². The standard InChI is InChI=1S/C37H35F2N5O7S/c1-5-49-33(45)20-41-19-32-43-26-9-7-6-8-22(26)16-29(43)35-30(50-32)15-14-27(44(35)39)24-17-25-31(18-28(24)42(3)52(4,47)48)51-36(34(25)37(46)40-2)21-10-12-23(38)13-11-21/h6-15,17-18,32,41H,5,16,19-20H2,1-4H3,(H,40,46). The van der Waals surface area contributed by atoms with Crippen molar-refractivity contribution in [3.8, 4) is 11.3 Å². The van der Waals surface area contributed by atoms with E-state index in [-0.39, 0.29) is 70.4 Å². The predicted molar refractivity (Wildman–Crippen MR) is 191 cm³/mol. The summed E-state index contributed by atoms with van der Waals surface area (Å²) in [4.78, 5) is 27.3. The van der Waals surface area contributed by atoms with Crippen LogP contribution in [-0.2, 0) is 30.7 Å². The second-order valence-corrected chi connectivity index (χ2v) is 14.3. The van der Waals surface area contributed by atoms with Gasteiger partial charge in [-0.25, -0.2) is 12.8 Å². The van der Waals surface area contributed by atoms with Crippen molar-refractivity contribution in [1.82, 2.24) is 15.8 Å². The highest BCUT2D eigenvalue weighted by atomic mass is 32.2. The average molecular weight is 732 g/mol. The molecular formula is C37H35F2N5O7S. The maximum atomic E-state index is 17.3. The summed E-state index contributed by atoms with van der Waals surface area (Å²) >= 11 is 0. The number of furan rings is 1. The van der Waals surface area contributed by atoms with Crippen LogP contribution >= 0.6 is 0 Å². The Morgan fingerprint density at radius 3 is 2.56 bits per heavy atom. The number of ether oxygens (including phenoxy) is 2. The highest BCUT2D eigenvalue weighted by molar-refractivity contribution is 7.92. The van der Waals surface area contributed by atoms with Crippen molar-refractivity contribution in [2.45, 2.75) is 19.6 Å². The van der Waals surface area contributed by atoms with Gasteiger partial charge in [-0.1, -0.05) is 22.7 Å². The Morgan fingerprint density at radius 1 is 1.10 bits per heavy atom. The van der Waals surface area contributed by atoms with Gasteiger partial charge < -0.3 is 29.4 Å². The molecule has 0 spiro atoms. The number of rotatable bonds is 10. The second-order valence-electron chi connectivity index (χ2n) is 12.3. The van der Waals surface area contributed by atoms with Gasteiger partial charge in [-0.2, -0.15) is 5.12 Å². The second kappa shape index (κ2) is 13.5. The summed E-state index contributed by atoms with van der Waals surface area (Å²) in [5, 5.41) is 6.43. The number of nitrogens with zero attached hydrogens (tertiary/aromatic N) is 3. The summed E-state index contributed by atoms with van der Waals surface area (Å²) < 4.78 is 75.6. The summed E-state index contributed by atoms with van der Waals surface area (Å²) in [7, 11) is -1.10. The van der Waals surface area contributed by atoms with Gasteiger partial charge in [-0.15, -0.1) is 0 Å². The molecule has 1 atom stereocenters. The molecule has 1 unspecified atom stereocenters. The molecule has 0 bridgehead atoms. The Bertz CT molecular complexity index is 2320. The molecule has 1 aromatic heterocycles. The highest BCUT2D eigenvalue weighted by Gasteiger charge is 2.43. The molecule has 4 aromatic rings. The Labute approximate surface area is 298 Å². The number of carbonyl (C=O) groups excluding carboxylic acids is 2. The first-order valence-corrected chi connectivity index (χ1v) is 18.3. The van der Waals surface area contributed by atoms with Gasteiger partial charge in [0.25, 0.3) is 5.91 Å². The van der Waals surface area contributed by atoms with Gasteiger partial charge in [0.2, 0.25) is 10.0 Å². The molecule has 4 heterocycles. The third-order valence-corrected chi connectivity index (χ3v) is 10.3. The predicted octanol–water partition coefficient (Wildman–Crippen LogP) is 5.20. The van der Waals surface area contributed by atoms with Gasteiger partial charge >= 0.3 is 5.97 Å². The SMILES string of the molecule is CCOC(=O)CNCC1OC2=CC=C(c3cc4c(C(=O)NC)c(-c5ccc(F)cc5)oc4cc3N(C)S(C)(=O)=O)N(F)C2=C2Cc3ccccc3N21. The Morgan fingerprint density at radius 2 is 1.85 bits per heavy atom. The largest absolute Gasteiger partial charge is 0.466 e. The molecule has 0 aliphatic carbocycles. The summed E-state index contributed by atoms with van der Waals surface area (Å²) in [6.07, 6.45) is 3.84. The molecule has 1 amide bonds. The van der Waals surface area contributed by atoms with Crippen LogP contribution in [0.25, 0.3) is 28.0 Å². The van der Waals surface area contributed by atoms with E-state index in [4.69, 9.17) is 13.9 Å². The van der Waals surface area contributed by atoms with Crippen LogP contribution in [0.4, 0.5) is 20.2 Å². The average Bonchev–Trinajstić information content (AvgIpc) is 3.69. The van der Waals surface area contributed by atoms with E-state index in [1.165, 1.54) is 56.6 Å². The number of amides is 1. The molecule has 7 rings (SSSR count). The van der Waals surface area contributed by atoms with Gasteiger partial charge in [0.05, 0.1) is 48.6 Å². The van der Waals surface area contributed by atoms with E-state index in [9.17, 15) is 22.4 Å². The molecule has 2 N–H and O–H groups in total. The van der Waals surface area contributed by atoms with Crippen LogP contribution in [0.1, 0.15) is 28.4 Å². The van der Waals surface area contributed by atoms with Gasteiger partial charge in [0.15, 0.2) is 12.0 Å². The zero-order valence-corrected chi connectivity index (χ0v) is 29.5. The number of carbonyl (C=O) groups is 2. The molecule has 3 aromatic carbocycles. The number of esters is 1. The fraction of sp³-hybridized carbons (Fsp3) is 0.243. The van der Waals surface area contributed by atoms with Crippen molar-refractivity contribution in [2.24, 2.45) is 0 Å². The molecule has 0 fully saturated rings. The fourth-order valence-corrected chi connectivity index (χ4v) is 7.18. The quantitative estimate of drug-likeness (QED) is 0.166. The number of hydrogen-bond donors (Lipinski definition) is 2. The van der Waals surface area contributed by atoms with Crippen molar-refractivity contribution in [1.29, 1.82) is 0 Å². The van der Waals surface area contributed by atoms with Crippen LogP contribution in [0, 0.1) is 5.82 Å². The van der Waals surface area contributed by atoms with E-state index < -0.39 is 33.9 Å². The zero-order valence-electron chi connectivity index (χ0n) is 28.7. The van der Waals surface area contributed by atoms with Crippen LogP contribution in [0.15, 0.2) is 94.4 Å². The molecule has 0 saturated carbocycles. The van der Waals surface area contributed by atoms with E-state index in [0.29, 0.717) is 22.8 Å². The lowest BCUT2D eigenvalue weighted by Crippen LogP contribution is -2.48. The normalized spacial score (nSPS) is 16.5. The van der Waals surface area contributed by atoms with Gasteiger partial charge in [0, 0.05) is 48.8 Å². The molecular weight excluding hydrogens is 696 g/mol. The Balaban J connectivity index is 1.38. The van der Waals surface area contributed by atoms with E-state index >= 15 is 4.48 Å². The summed E-state index contributed by atoms with van der Waals surface area (Å²) in [6, 6.07) is 16.0. The number of sulfonamides is 1. The third kappa shape index (κ3) is 6.05. The minimum atomic E-state index is -3.88. The first-order valence-electron chi connectivity index (χ1n) is 16.5. The van der Waals surface area contributed by atoms with Crippen LogP contribution in [0.5, 0.6) is 0 Å².